The van der Waals surface area contributed by atoms with E-state index in [0.29, 0.717) is 12.1 Å². The standard InChI is InChI=1S/C6H3F2NO2.C5H11N/c7-4-1-2-5(8)6(3-4)9(10)11;1-2-4-6-5-3-1/h1-3H;6H,1-5H2. The summed E-state index contributed by atoms with van der Waals surface area (Å²) >= 11 is 0. The Balaban J connectivity index is 0.000000202. The first-order valence-corrected chi connectivity index (χ1v) is 5.41. The van der Waals surface area contributed by atoms with E-state index >= 15 is 0 Å². The molecule has 1 saturated heterocycles. The maximum atomic E-state index is 12.4. The van der Waals surface area contributed by atoms with Crippen LogP contribution in [0.2, 0.25) is 0 Å². The minimum Gasteiger partial charge on any atom is -0.317 e. The number of hydrogen-bond donors (Lipinski definition) is 1. The molecule has 0 atom stereocenters. The van der Waals surface area contributed by atoms with Crippen LogP contribution in [0.3, 0.4) is 0 Å². The summed E-state index contributed by atoms with van der Waals surface area (Å²) in [7, 11) is 0. The molecule has 0 aromatic heterocycles. The van der Waals surface area contributed by atoms with Crippen LogP contribution >= 0.6 is 0 Å². The number of nitrogens with zero attached hydrogens (tertiary/aromatic N) is 1. The molecule has 1 heterocycles. The second kappa shape index (κ2) is 6.90. The summed E-state index contributed by atoms with van der Waals surface area (Å²) < 4.78 is 24.6. The lowest BCUT2D eigenvalue weighted by Gasteiger charge is -2.08. The number of halogens is 2. The average molecular weight is 244 g/mol. The molecule has 1 aliphatic rings. The van der Waals surface area contributed by atoms with Gasteiger partial charge in [0.15, 0.2) is 0 Å². The highest BCUT2D eigenvalue weighted by Gasteiger charge is 2.13. The van der Waals surface area contributed by atoms with Crippen molar-refractivity contribution < 1.29 is 13.7 Å². The summed E-state index contributed by atoms with van der Waals surface area (Å²) in [5.41, 5.74) is -0.843. The van der Waals surface area contributed by atoms with E-state index < -0.39 is 22.2 Å². The average Bonchev–Trinajstić information content (AvgIpc) is 2.35. The second-order valence-electron chi connectivity index (χ2n) is 3.66. The molecule has 1 aromatic rings. The van der Waals surface area contributed by atoms with Crippen LogP contribution in [0.25, 0.3) is 0 Å². The lowest BCUT2D eigenvalue weighted by molar-refractivity contribution is -0.387. The topological polar surface area (TPSA) is 55.2 Å². The van der Waals surface area contributed by atoms with Gasteiger partial charge in [-0.05, 0) is 38.1 Å². The van der Waals surface area contributed by atoms with Gasteiger partial charge >= 0.3 is 5.69 Å². The van der Waals surface area contributed by atoms with E-state index in [1.807, 2.05) is 0 Å². The van der Waals surface area contributed by atoms with Gasteiger partial charge in [-0.15, -0.1) is 0 Å². The first-order valence-electron chi connectivity index (χ1n) is 5.41. The highest BCUT2D eigenvalue weighted by atomic mass is 19.1. The molecule has 1 fully saturated rings. The van der Waals surface area contributed by atoms with E-state index in [-0.39, 0.29) is 0 Å². The fraction of sp³-hybridized carbons (Fsp3) is 0.455. The van der Waals surface area contributed by atoms with Crippen LogP contribution < -0.4 is 5.32 Å². The van der Waals surface area contributed by atoms with Crippen molar-refractivity contribution in [1.82, 2.24) is 5.32 Å². The van der Waals surface area contributed by atoms with Crippen LogP contribution in [0.4, 0.5) is 14.5 Å². The van der Waals surface area contributed by atoms with Gasteiger partial charge in [0.25, 0.3) is 0 Å². The van der Waals surface area contributed by atoms with Crippen molar-refractivity contribution in [3.05, 3.63) is 39.9 Å². The first kappa shape index (κ1) is 13.5. The zero-order valence-corrected chi connectivity index (χ0v) is 9.29. The minimum absolute atomic E-state index is 0.537. The van der Waals surface area contributed by atoms with E-state index in [9.17, 15) is 18.9 Å². The monoisotopic (exact) mass is 244 g/mol. The van der Waals surface area contributed by atoms with Gasteiger partial charge in [0.1, 0.15) is 5.82 Å². The fourth-order valence-electron chi connectivity index (χ4n) is 1.43. The van der Waals surface area contributed by atoms with Crippen LogP contribution in [0.5, 0.6) is 0 Å². The SMILES string of the molecule is C1CCNCC1.O=[N+]([O-])c1cc(F)ccc1F. The quantitative estimate of drug-likeness (QED) is 0.610. The molecule has 0 radical (unpaired) electrons. The van der Waals surface area contributed by atoms with Crippen LogP contribution in [0.1, 0.15) is 19.3 Å². The van der Waals surface area contributed by atoms with Gasteiger partial charge in [-0.2, -0.15) is 4.39 Å². The number of hydrogen-bond acceptors (Lipinski definition) is 3. The lowest BCUT2D eigenvalue weighted by Crippen LogP contribution is -2.21. The van der Waals surface area contributed by atoms with Crippen molar-refractivity contribution in [3.8, 4) is 0 Å². The van der Waals surface area contributed by atoms with Gasteiger partial charge in [0, 0.05) is 0 Å². The predicted molar refractivity (Wildman–Crippen MR) is 59.7 cm³/mol. The highest BCUT2D eigenvalue weighted by molar-refractivity contribution is 5.31. The molecule has 1 aliphatic heterocycles. The molecule has 0 unspecified atom stereocenters. The Morgan fingerprint density at radius 1 is 1.18 bits per heavy atom. The number of nitro groups is 1. The Labute approximate surface area is 97.8 Å². The number of piperidine rings is 1. The van der Waals surface area contributed by atoms with E-state index in [1.165, 1.54) is 32.4 Å². The summed E-state index contributed by atoms with van der Waals surface area (Å²) in [5, 5.41) is 13.3. The Morgan fingerprint density at radius 2 is 1.82 bits per heavy atom. The van der Waals surface area contributed by atoms with Crippen molar-refractivity contribution in [2.45, 2.75) is 19.3 Å². The van der Waals surface area contributed by atoms with E-state index in [4.69, 9.17) is 0 Å². The molecule has 1 N–H and O–H groups in total. The predicted octanol–water partition coefficient (Wildman–Crippen LogP) is 2.63. The van der Waals surface area contributed by atoms with Gasteiger partial charge in [-0.3, -0.25) is 10.1 Å². The van der Waals surface area contributed by atoms with Crippen molar-refractivity contribution in [2.75, 3.05) is 13.1 Å². The fourth-order valence-corrected chi connectivity index (χ4v) is 1.43. The van der Waals surface area contributed by atoms with Crippen LogP contribution in [-0.4, -0.2) is 18.0 Å². The summed E-state index contributed by atoms with van der Waals surface area (Å²) in [5.74, 6) is -1.85. The van der Waals surface area contributed by atoms with Crippen molar-refractivity contribution >= 4 is 5.69 Å². The normalized spacial score (nSPS) is 14.7. The molecule has 4 nitrogen and oxygen atoms in total. The molecule has 0 spiro atoms. The van der Waals surface area contributed by atoms with Crippen LogP contribution in [-0.2, 0) is 0 Å². The van der Waals surface area contributed by atoms with Gasteiger partial charge in [0.2, 0.25) is 5.82 Å². The molecular formula is C11H14F2N2O2. The number of benzene rings is 1. The third-order valence-corrected chi connectivity index (χ3v) is 2.31. The molecule has 94 valence electrons. The van der Waals surface area contributed by atoms with Crippen molar-refractivity contribution in [1.29, 1.82) is 0 Å². The van der Waals surface area contributed by atoms with E-state index in [2.05, 4.69) is 5.32 Å². The lowest BCUT2D eigenvalue weighted by atomic mass is 10.2. The van der Waals surface area contributed by atoms with Crippen molar-refractivity contribution in [2.24, 2.45) is 0 Å². The van der Waals surface area contributed by atoms with E-state index in [0.717, 1.165) is 6.07 Å². The molecule has 2 rings (SSSR count). The second-order valence-corrected chi connectivity index (χ2v) is 3.66. The van der Waals surface area contributed by atoms with E-state index in [1.54, 1.807) is 0 Å². The number of nitro benzene ring substituents is 1. The summed E-state index contributed by atoms with van der Waals surface area (Å²) in [6.45, 7) is 2.50. The van der Waals surface area contributed by atoms with Crippen LogP contribution in [0, 0.1) is 21.7 Å². The smallest absolute Gasteiger partial charge is 0.307 e. The molecule has 17 heavy (non-hydrogen) atoms. The highest BCUT2D eigenvalue weighted by Crippen LogP contribution is 2.16. The van der Waals surface area contributed by atoms with Crippen molar-refractivity contribution in [3.63, 3.8) is 0 Å². The summed E-state index contributed by atoms with van der Waals surface area (Å²) in [4.78, 5) is 9.00. The molecular weight excluding hydrogens is 230 g/mol. The zero-order chi connectivity index (χ0) is 12.7. The Bertz CT molecular complexity index is 370. The van der Waals surface area contributed by atoms with Gasteiger partial charge in [-0.1, -0.05) is 6.42 Å². The Morgan fingerprint density at radius 3 is 2.18 bits per heavy atom. The molecule has 0 amide bonds. The molecule has 1 aromatic carbocycles. The third-order valence-electron chi connectivity index (χ3n) is 2.31. The number of nitrogens with one attached hydrogen (secondary N) is 1. The van der Waals surface area contributed by atoms with Gasteiger partial charge in [-0.25, -0.2) is 4.39 Å². The van der Waals surface area contributed by atoms with Crippen LogP contribution in [0.15, 0.2) is 18.2 Å². The number of rotatable bonds is 1. The zero-order valence-electron chi connectivity index (χ0n) is 9.29. The molecule has 0 saturated carbocycles. The minimum atomic E-state index is -1.03. The largest absolute Gasteiger partial charge is 0.317 e. The molecule has 0 aliphatic carbocycles. The summed E-state index contributed by atoms with van der Waals surface area (Å²) in [6, 6.07) is 2.07. The van der Waals surface area contributed by atoms with Gasteiger partial charge < -0.3 is 5.32 Å². The first-order chi connectivity index (χ1) is 8.11. The maximum Gasteiger partial charge on any atom is 0.307 e. The third kappa shape index (κ3) is 4.86. The summed E-state index contributed by atoms with van der Waals surface area (Å²) in [6.07, 6.45) is 4.22. The molecule has 0 bridgehead atoms. The molecule has 6 heteroatoms. The Hall–Kier alpha value is -1.56. The Kier molecular flexibility index (Phi) is 5.48. The maximum absolute atomic E-state index is 12.4. The van der Waals surface area contributed by atoms with Gasteiger partial charge in [0.05, 0.1) is 11.0 Å².